The molecule has 0 aromatic heterocycles. The second kappa shape index (κ2) is 4.74. The zero-order valence-corrected chi connectivity index (χ0v) is 6.83. The highest BCUT2D eigenvalue weighted by Gasteiger charge is 1.91. The minimum absolute atomic E-state index is 0.0697. The van der Waals surface area contributed by atoms with E-state index in [4.69, 9.17) is 10.2 Å². The molecule has 0 aliphatic rings. The van der Waals surface area contributed by atoms with E-state index in [2.05, 4.69) is 5.32 Å². The Morgan fingerprint density at radius 2 is 1.75 bits per heavy atom. The number of hydrogen-bond donors (Lipinski definition) is 3. The van der Waals surface area contributed by atoms with Gasteiger partial charge in [0.25, 0.3) is 0 Å². The summed E-state index contributed by atoms with van der Waals surface area (Å²) >= 11 is 0. The van der Waals surface area contributed by atoms with E-state index in [0.29, 0.717) is 6.54 Å². The predicted molar refractivity (Wildman–Crippen MR) is 47.9 cm³/mol. The lowest BCUT2D eigenvalue weighted by molar-refractivity contribution is 0.282. The fourth-order valence-corrected chi connectivity index (χ4v) is 0.928. The molecule has 0 atom stereocenters. The second-order valence-electron chi connectivity index (χ2n) is 2.51. The van der Waals surface area contributed by atoms with E-state index in [-0.39, 0.29) is 13.2 Å². The van der Waals surface area contributed by atoms with Gasteiger partial charge in [-0.2, -0.15) is 0 Å². The lowest BCUT2D eigenvalue weighted by atomic mass is 10.2. The molecular weight excluding hydrogens is 154 g/mol. The van der Waals surface area contributed by atoms with E-state index >= 15 is 0 Å². The van der Waals surface area contributed by atoms with Crippen molar-refractivity contribution in [2.24, 2.45) is 0 Å². The molecule has 0 heterocycles. The van der Waals surface area contributed by atoms with Gasteiger partial charge in [0.15, 0.2) is 0 Å². The van der Waals surface area contributed by atoms with Crippen molar-refractivity contribution < 1.29 is 10.2 Å². The highest BCUT2D eigenvalue weighted by atomic mass is 16.3. The van der Waals surface area contributed by atoms with Crippen LogP contribution in [-0.2, 0) is 6.61 Å². The van der Waals surface area contributed by atoms with Crippen molar-refractivity contribution in [3.63, 3.8) is 0 Å². The molecule has 3 heteroatoms. The van der Waals surface area contributed by atoms with Crippen molar-refractivity contribution in [2.45, 2.75) is 6.61 Å². The zero-order valence-electron chi connectivity index (χ0n) is 6.83. The van der Waals surface area contributed by atoms with Crippen LogP contribution in [0.1, 0.15) is 5.56 Å². The van der Waals surface area contributed by atoms with Gasteiger partial charge in [0, 0.05) is 12.2 Å². The number of rotatable bonds is 4. The van der Waals surface area contributed by atoms with Crippen LogP contribution in [0.25, 0.3) is 0 Å². The van der Waals surface area contributed by atoms with Crippen molar-refractivity contribution in [1.29, 1.82) is 0 Å². The fourth-order valence-electron chi connectivity index (χ4n) is 0.928. The van der Waals surface area contributed by atoms with Crippen molar-refractivity contribution in [3.05, 3.63) is 29.8 Å². The molecule has 0 fully saturated rings. The zero-order chi connectivity index (χ0) is 8.81. The Labute approximate surface area is 71.7 Å². The standard InChI is InChI=1S/C9H13NO2/c11-6-5-10-9-3-1-8(7-12)2-4-9/h1-4,10-12H,5-7H2. The Hall–Kier alpha value is -1.06. The average Bonchev–Trinajstić information content (AvgIpc) is 2.15. The topological polar surface area (TPSA) is 52.5 Å². The maximum absolute atomic E-state index is 8.74. The fraction of sp³-hybridized carbons (Fsp3) is 0.333. The Balaban J connectivity index is 2.53. The van der Waals surface area contributed by atoms with Crippen LogP contribution in [0.2, 0.25) is 0 Å². The lowest BCUT2D eigenvalue weighted by Crippen LogP contribution is -2.05. The molecule has 3 N–H and O–H groups in total. The van der Waals surface area contributed by atoms with Crippen molar-refractivity contribution in [2.75, 3.05) is 18.5 Å². The van der Waals surface area contributed by atoms with Gasteiger partial charge in [-0.1, -0.05) is 12.1 Å². The summed E-state index contributed by atoms with van der Waals surface area (Å²) in [5, 5.41) is 20.3. The largest absolute Gasteiger partial charge is 0.395 e. The highest BCUT2D eigenvalue weighted by molar-refractivity contribution is 5.44. The van der Waals surface area contributed by atoms with E-state index in [0.717, 1.165) is 11.3 Å². The van der Waals surface area contributed by atoms with Crippen LogP contribution in [0.4, 0.5) is 5.69 Å². The lowest BCUT2D eigenvalue weighted by Gasteiger charge is -2.04. The number of aliphatic hydroxyl groups excluding tert-OH is 2. The van der Waals surface area contributed by atoms with Crippen LogP contribution in [0.15, 0.2) is 24.3 Å². The highest BCUT2D eigenvalue weighted by Crippen LogP contribution is 2.08. The Morgan fingerprint density at radius 1 is 1.08 bits per heavy atom. The van der Waals surface area contributed by atoms with Crippen molar-refractivity contribution >= 4 is 5.69 Å². The van der Waals surface area contributed by atoms with Gasteiger partial charge in [0.1, 0.15) is 0 Å². The second-order valence-corrected chi connectivity index (χ2v) is 2.51. The van der Waals surface area contributed by atoms with E-state index in [1.165, 1.54) is 0 Å². The molecule has 1 aromatic carbocycles. The van der Waals surface area contributed by atoms with E-state index < -0.39 is 0 Å². The first-order chi connectivity index (χ1) is 5.86. The first-order valence-electron chi connectivity index (χ1n) is 3.91. The molecule has 0 bridgehead atoms. The monoisotopic (exact) mass is 167 g/mol. The molecule has 0 aliphatic carbocycles. The summed E-state index contributed by atoms with van der Waals surface area (Å²) in [5.74, 6) is 0. The van der Waals surface area contributed by atoms with Crippen LogP contribution < -0.4 is 5.32 Å². The van der Waals surface area contributed by atoms with Crippen LogP contribution in [0, 0.1) is 0 Å². The maximum Gasteiger partial charge on any atom is 0.0681 e. The molecule has 0 spiro atoms. The summed E-state index contributed by atoms with van der Waals surface area (Å²) in [6.07, 6.45) is 0. The third kappa shape index (κ3) is 2.53. The minimum Gasteiger partial charge on any atom is -0.395 e. The first kappa shape index (κ1) is 9.03. The number of aliphatic hydroxyl groups is 2. The number of hydrogen-bond acceptors (Lipinski definition) is 3. The SMILES string of the molecule is OCCNc1ccc(CO)cc1. The molecule has 0 radical (unpaired) electrons. The van der Waals surface area contributed by atoms with Gasteiger partial charge < -0.3 is 15.5 Å². The average molecular weight is 167 g/mol. The first-order valence-corrected chi connectivity index (χ1v) is 3.91. The number of nitrogens with one attached hydrogen (secondary N) is 1. The van der Waals surface area contributed by atoms with E-state index in [1.807, 2.05) is 24.3 Å². The molecule has 0 saturated carbocycles. The van der Waals surface area contributed by atoms with E-state index in [9.17, 15) is 0 Å². The van der Waals surface area contributed by atoms with Crippen molar-refractivity contribution in [3.8, 4) is 0 Å². The van der Waals surface area contributed by atoms with Crippen LogP contribution in [0.5, 0.6) is 0 Å². The summed E-state index contributed by atoms with van der Waals surface area (Å²) in [7, 11) is 0. The molecule has 1 aromatic rings. The van der Waals surface area contributed by atoms with Gasteiger partial charge in [-0.05, 0) is 17.7 Å². The Kier molecular flexibility index (Phi) is 3.57. The van der Waals surface area contributed by atoms with E-state index in [1.54, 1.807) is 0 Å². The van der Waals surface area contributed by atoms with Gasteiger partial charge in [0.2, 0.25) is 0 Å². The third-order valence-electron chi connectivity index (χ3n) is 1.58. The van der Waals surface area contributed by atoms with Crippen LogP contribution >= 0.6 is 0 Å². The minimum atomic E-state index is 0.0697. The van der Waals surface area contributed by atoms with Gasteiger partial charge in [-0.3, -0.25) is 0 Å². The van der Waals surface area contributed by atoms with Gasteiger partial charge in [0.05, 0.1) is 13.2 Å². The third-order valence-corrected chi connectivity index (χ3v) is 1.58. The molecule has 0 saturated heterocycles. The molecule has 0 unspecified atom stereocenters. The quantitative estimate of drug-likeness (QED) is 0.615. The maximum atomic E-state index is 8.74. The van der Waals surface area contributed by atoms with Crippen LogP contribution in [0.3, 0.4) is 0 Å². The van der Waals surface area contributed by atoms with Crippen molar-refractivity contribution in [1.82, 2.24) is 0 Å². The molecule has 12 heavy (non-hydrogen) atoms. The molecule has 66 valence electrons. The summed E-state index contributed by atoms with van der Waals surface area (Å²) in [6, 6.07) is 7.45. The van der Waals surface area contributed by atoms with Gasteiger partial charge in [-0.15, -0.1) is 0 Å². The summed E-state index contributed by atoms with van der Waals surface area (Å²) < 4.78 is 0. The molecular formula is C9H13NO2. The molecule has 0 aliphatic heterocycles. The molecule has 3 nitrogen and oxygen atoms in total. The smallest absolute Gasteiger partial charge is 0.0681 e. The Bertz CT molecular complexity index is 220. The van der Waals surface area contributed by atoms with Gasteiger partial charge >= 0.3 is 0 Å². The summed E-state index contributed by atoms with van der Waals surface area (Å²) in [5.41, 5.74) is 1.85. The summed E-state index contributed by atoms with van der Waals surface area (Å²) in [4.78, 5) is 0. The predicted octanol–water partition coefficient (Wildman–Crippen LogP) is 0.583. The number of anilines is 1. The molecule has 1 rings (SSSR count). The normalized spacial score (nSPS) is 9.83. The van der Waals surface area contributed by atoms with Crippen LogP contribution in [-0.4, -0.2) is 23.4 Å². The summed E-state index contributed by atoms with van der Waals surface area (Å²) in [6.45, 7) is 0.750. The Morgan fingerprint density at radius 3 is 2.25 bits per heavy atom. The van der Waals surface area contributed by atoms with Gasteiger partial charge in [-0.25, -0.2) is 0 Å². The number of benzene rings is 1. The molecule has 0 amide bonds.